The van der Waals surface area contributed by atoms with Gasteiger partial charge in [-0.2, -0.15) is 0 Å². The first kappa shape index (κ1) is 14.4. The summed E-state index contributed by atoms with van der Waals surface area (Å²) in [6.45, 7) is 8.21. The molecule has 0 saturated carbocycles. The number of hydrogen-bond acceptors (Lipinski definition) is 7. The normalized spacial score (nSPS) is 11.0. The van der Waals surface area contributed by atoms with Crippen molar-refractivity contribution in [2.24, 2.45) is 5.92 Å². The number of nitrogens with one attached hydrogen (secondary N) is 2. The third-order valence-corrected chi connectivity index (χ3v) is 2.55. The van der Waals surface area contributed by atoms with Crippen molar-refractivity contribution in [3.8, 4) is 0 Å². The van der Waals surface area contributed by atoms with E-state index in [4.69, 9.17) is 4.42 Å². The van der Waals surface area contributed by atoms with Crippen molar-refractivity contribution in [1.29, 1.82) is 0 Å². The van der Waals surface area contributed by atoms with Gasteiger partial charge in [0.15, 0.2) is 0 Å². The van der Waals surface area contributed by atoms with Crippen molar-refractivity contribution in [2.75, 3.05) is 11.9 Å². The predicted octanol–water partition coefficient (Wildman–Crippen LogP) is 1.53. The molecule has 2 aromatic rings. The molecule has 7 nitrogen and oxygen atoms in total. The van der Waals surface area contributed by atoms with Gasteiger partial charge in [0, 0.05) is 6.20 Å². The minimum absolute atomic E-state index is 0.397. The van der Waals surface area contributed by atoms with Crippen molar-refractivity contribution in [3.63, 3.8) is 0 Å². The van der Waals surface area contributed by atoms with Gasteiger partial charge < -0.3 is 15.1 Å². The third-order valence-electron chi connectivity index (χ3n) is 2.55. The topological polar surface area (TPSA) is 88.8 Å². The first-order chi connectivity index (χ1) is 9.63. The fraction of sp³-hybridized carbons (Fsp3) is 0.538. The van der Waals surface area contributed by atoms with Gasteiger partial charge in [-0.1, -0.05) is 18.9 Å². The Bertz CT molecular complexity index is 522. The molecule has 0 aliphatic rings. The maximum absolute atomic E-state index is 5.47. The van der Waals surface area contributed by atoms with Crippen LogP contribution in [0.15, 0.2) is 16.8 Å². The molecule has 2 rings (SSSR count). The van der Waals surface area contributed by atoms with Crippen molar-refractivity contribution in [1.82, 2.24) is 25.5 Å². The van der Waals surface area contributed by atoms with E-state index >= 15 is 0 Å². The van der Waals surface area contributed by atoms with Gasteiger partial charge in [-0.15, -0.1) is 5.10 Å². The van der Waals surface area contributed by atoms with Gasteiger partial charge in [0.2, 0.25) is 5.89 Å². The van der Waals surface area contributed by atoms with Crippen LogP contribution >= 0.6 is 0 Å². The lowest BCUT2D eigenvalue weighted by molar-refractivity contribution is 0.458. The van der Waals surface area contributed by atoms with Gasteiger partial charge in [-0.05, 0) is 19.4 Å². The number of hydrogen-bond donors (Lipinski definition) is 2. The zero-order valence-corrected chi connectivity index (χ0v) is 12.1. The highest BCUT2D eigenvalue weighted by Gasteiger charge is 2.06. The summed E-state index contributed by atoms with van der Waals surface area (Å²) in [5.74, 6) is 1.17. The molecule has 0 unspecified atom stereocenters. The van der Waals surface area contributed by atoms with E-state index in [1.807, 2.05) is 6.92 Å². The summed E-state index contributed by atoms with van der Waals surface area (Å²) in [6.07, 6.45) is 3.45. The van der Waals surface area contributed by atoms with Gasteiger partial charge in [0.1, 0.15) is 0 Å². The smallest absolute Gasteiger partial charge is 0.315 e. The zero-order chi connectivity index (χ0) is 14.4. The van der Waals surface area contributed by atoms with E-state index in [9.17, 15) is 0 Å². The van der Waals surface area contributed by atoms with Crippen LogP contribution in [0, 0.1) is 12.8 Å². The average molecular weight is 276 g/mol. The number of aromatic nitrogens is 4. The van der Waals surface area contributed by atoms with Gasteiger partial charge in [0.25, 0.3) is 0 Å². The number of rotatable bonds is 7. The Kier molecular flexibility index (Phi) is 5.00. The Labute approximate surface area is 118 Å². The lowest BCUT2D eigenvalue weighted by Crippen LogP contribution is -2.19. The molecule has 2 N–H and O–H groups in total. The Hall–Kier alpha value is -2.02. The standard InChI is InChI=1S/C13H20N6O/c1-9(2)4-14-8-12-18-19-13(20-12)17-7-11-6-15-10(3)5-16-11/h5-6,9,14H,4,7-8H2,1-3H3,(H,17,19). The Morgan fingerprint density at radius 1 is 1.15 bits per heavy atom. The van der Waals surface area contributed by atoms with E-state index in [0.29, 0.717) is 30.9 Å². The second kappa shape index (κ2) is 6.95. The quantitative estimate of drug-likeness (QED) is 0.792. The average Bonchev–Trinajstić information content (AvgIpc) is 2.86. The molecule has 0 aliphatic carbocycles. The van der Waals surface area contributed by atoms with E-state index in [1.54, 1.807) is 12.4 Å². The van der Waals surface area contributed by atoms with Gasteiger partial charge in [-0.3, -0.25) is 9.97 Å². The minimum atomic E-state index is 0.397. The fourth-order valence-electron chi connectivity index (χ4n) is 1.54. The molecule has 108 valence electrons. The third kappa shape index (κ3) is 4.58. The summed E-state index contributed by atoms with van der Waals surface area (Å²) < 4.78 is 5.47. The summed E-state index contributed by atoms with van der Waals surface area (Å²) >= 11 is 0. The molecule has 0 saturated heterocycles. The van der Waals surface area contributed by atoms with Crippen molar-refractivity contribution >= 4 is 6.01 Å². The Balaban J connectivity index is 1.79. The summed E-state index contributed by atoms with van der Waals surface area (Å²) in [5, 5.41) is 14.2. The second-order valence-corrected chi connectivity index (χ2v) is 5.03. The van der Waals surface area contributed by atoms with Crippen LogP contribution in [0.3, 0.4) is 0 Å². The highest BCUT2D eigenvalue weighted by atomic mass is 16.4. The van der Waals surface area contributed by atoms with Crippen LogP contribution < -0.4 is 10.6 Å². The van der Waals surface area contributed by atoms with Crippen molar-refractivity contribution in [2.45, 2.75) is 33.9 Å². The molecule has 20 heavy (non-hydrogen) atoms. The molecule has 0 radical (unpaired) electrons. The first-order valence-electron chi connectivity index (χ1n) is 6.68. The highest BCUT2D eigenvalue weighted by Crippen LogP contribution is 2.07. The molecule has 2 aromatic heterocycles. The molecule has 0 amide bonds. The van der Waals surface area contributed by atoms with Crippen LogP contribution in [0.25, 0.3) is 0 Å². The molecule has 0 bridgehead atoms. The molecule has 0 aromatic carbocycles. The predicted molar refractivity (Wildman–Crippen MR) is 74.9 cm³/mol. The molecule has 7 heteroatoms. The maximum Gasteiger partial charge on any atom is 0.315 e. The second-order valence-electron chi connectivity index (χ2n) is 5.03. The summed E-state index contributed by atoms with van der Waals surface area (Å²) in [5.41, 5.74) is 1.72. The van der Waals surface area contributed by atoms with Crippen LogP contribution in [0.4, 0.5) is 6.01 Å². The van der Waals surface area contributed by atoms with E-state index in [0.717, 1.165) is 17.9 Å². The van der Waals surface area contributed by atoms with E-state index < -0.39 is 0 Å². The van der Waals surface area contributed by atoms with Crippen molar-refractivity contribution < 1.29 is 4.42 Å². The van der Waals surface area contributed by atoms with E-state index in [2.05, 4.69) is 44.6 Å². The van der Waals surface area contributed by atoms with Crippen LogP contribution in [0.2, 0.25) is 0 Å². The van der Waals surface area contributed by atoms with Gasteiger partial charge in [-0.25, -0.2) is 0 Å². The number of nitrogens with zero attached hydrogens (tertiary/aromatic N) is 4. The monoisotopic (exact) mass is 276 g/mol. The number of anilines is 1. The van der Waals surface area contributed by atoms with Crippen LogP contribution in [0.1, 0.15) is 31.1 Å². The maximum atomic E-state index is 5.47. The zero-order valence-electron chi connectivity index (χ0n) is 12.1. The summed E-state index contributed by atoms with van der Waals surface area (Å²) in [7, 11) is 0. The number of aryl methyl sites for hydroxylation is 1. The SMILES string of the molecule is Cc1cnc(CNc2nnc(CNCC(C)C)o2)cn1. The van der Waals surface area contributed by atoms with Crippen LogP contribution in [0.5, 0.6) is 0 Å². The van der Waals surface area contributed by atoms with Crippen LogP contribution in [-0.2, 0) is 13.1 Å². The largest absolute Gasteiger partial charge is 0.407 e. The fourth-order valence-corrected chi connectivity index (χ4v) is 1.54. The molecule has 2 heterocycles. The van der Waals surface area contributed by atoms with Gasteiger partial charge in [0.05, 0.1) is 30.7 Å². The lowest BCUT2D eigenvalue weighted by atomic mass is 10.2. The minimum Gasteiger partial charge on any atom is -0.407 e. The van der Waals surface area contributed by atoms with Crippen LogP contribution in [-0.4, -0.2) is 26.7 Å². The summed E-state index contributed by atoms with van der Waals surface area (Å²) in [4.78, 5) is 8.42. The van der Waals surface area contributed by atoms with E-state index in [1.165, 1.54) is 0 Å². The van der Waals surface area contributed by atoms with Crippen molar-refractivity contribution in [3.05, 3.63) is 29.7 Å². The molecule has 0 aliphatic heterocycles. The molecule has 0 atom stereocenters. The first-order valence-corrected chi connectivity index (χ1v) is 6.68. The lowest BCUT2D eigenvalue weighted by Gasteiger charge is -2.03. The Morgan fingerprint density at radius 2 is 2.00 bits per heavy atom. The molecular weight excluding hydrogens is 256 g/mol. The molecular formula is C13H20N6O. The highest BCUT2D eigenvalue weighted by molar-refractivity contribution is 5.19. The van der Waals surface area contributed by atoms with E-state index in [-0.39, 0.29) is 0 Å². The molecule has 0 spiro atoms. The summed E-state index contributed by atoms with van der Waals surface area (Å²) in [6, 6.07) is 0.397. The Morgan fingerprint density at radius 3 is 2.70 bits per heavy atom. The molecule has 0 fully saturated rings. The van der Waals surface area contributed by atoms with Gasteiger partial charge >= 0.3 is 6.01 Å².